The van der Waals surface area contributed by atoms with Crippen LogP contribution in [0.1, 0.15) is 39.4 Å². The number of nitrogens with zero attached hydrogens (tertiary/aromatic N) is 2. The predicted molar refractivity (Wildman–Crippen MR) is 210 cm³/mol. The van der Waals surface area contributed by atoms with Gasteiger partial charge in [0.05, 0.1) is 18.9 Å². The van der Waals surface area contributed by atoms with Crippen molar-refractivity contribution >= 4 is 71.2 Å². The van der Waals surface area contributed by atoms with Crippen LogP contribution in [-0.4, -0.2) is 58.4 Å². The molecule has 50 heavy (non-hydrogen) atoms. The Balaban J connectivity index is 1.03. The second kappa shape index (κ2) is 13.4. The minimum absolute atomic E-state index is 0.0748. The summed E-state index contributed by atoms with van der Waals surface area (Å²) >= 11 is 4.01. The lowest BCUT2D eigenvalue weighted by Crippen LogP contribution is -2.43. The van der Waals surface area contributed by atoms with Gasteiger partial charge in [-0.05, 0) is 111 Å². The molecule has 2 heterocycles. The lowest BCUT2D eigenvalue weighted by molar-refractivity contribution is 0.102. The third-order valence-corrected chi connectivity index (χ3v) is 11.7. The van der Waals surface area contributed by atoms with Gasteiger partial charge in [-0.15, -0.1) is 0 Å². The van der Waals surface area contributed by atoms with E-state index in [0.717, 1.165) is 93.9 Å². The summed E-state index contributed by atoms with van der Waals surface area (Å²) in [5.41, 5.74) is 8.09. The SMILES string of the molecule is O=C(Nc1c(C2CCc3c(ccc4c3c(Br)cc3cc(N5CCNCC5)ccc34)C2)ccc2ccccc12)c1ccc(N2CCOCC2)cc1. The van der Waals surface area contributed by atoms with E-state index in [1.807, 2.05) is 12.1 Å². The molecule has 0 aromatic heterocycles. The fourth-order valence-corrected chi connectivity index (χ4v) is 9.16. The van der Waals surface area contributed by atoms with Crippen molar-refractivity contribution in [3.05, 3.63) is 124 Å². The van der Waals surface area contributed by atoms with Gasteiger partial charge in [-0.3, -0.25) is 4.79 Å². The fourth-order valence-electron chi connectivity index (χ4n) is 8.46. The van der Waals surface area contributed by atoms with E-state index in [-0.39, 0.29) is 5.91 Å². The number of hydrogen-bond acceptors (Lipinski definition) is 5. The van der Waals surface area contributed by atoms with Crippen LogP contribution in [0.3, 0.4) is 0 Å². The summed E-state index contributed by atoms with van der Waals surface area (Å²) in [6.07, 6.45) is 2.95. The number of carbonyl (C=O) groups excluding carboxylic acids is 1. The molecule has 7 heteroatoms. The Kier molecular flexibility index (Phi) is 8.43. The van der Waals surface area contributed by atoms with Crippen LogP contribution in [0.4, 0.5) is 17.1 Å². The largest absolute Gasteiger partial charge is 0.378 e. The standard InChI is InChI=1S/C43H41BrN4O2/c44-40-27-32-26-34(47-19-17-45-18-20-47)12-16-35(32)39-15-9-30-25-31(8-13-36(30)41(39)40)38-14-7-28-3-1-2-4-37(28)42(38)46-43(49)29-5-10-33(11-6-29)48-21-23-50-24-22-48/h1-7,9-12,14-16,26-27,31,45H,8,13,17-25H2,(H,46,49). The van der Waals surface area contributed by atoms with Gasteiger partial charge in [0, 0.05) is 66.1 Å². The highest BCUT2D eigenvalue weighted by Crippen LogP contribution is 2.44. The molecule has 6 nitrogen and oxygen atoms in total. The van der Waals surface area contributed by atoms with Crippen LogP contribution in [0.25, 0.3) is 32.3 Å². The number of halogens is 1. The van der Waals surface area contributed by atoms with Crippen molar-refractivity contribution in [3.63, 3.8) is 0 Å². The van der Waals surface area contributed by atoms with Crippen molar-refractivity contribution in [3.8, 4) is 0 Å². The number of morpholine rings is 1. The van der Waals surface area contributed by atoms with Crippen molar-refractivity contribution < 1.29 is 9.53 Å². The number of amides is 1. The van der Waals surface area contributed by atoms with Crippen LogP contribution in [0.15, 0.2) is 102 Å². The molecule has 0 spiro atoms. The first-order chi connectivity index (χ1) is 24.6. The summed E-state index contributed by atoms with van der Waals surface area (Å²) < 4.78 is 6.69. The van der Waals surface area contributed by atoms with Crippen molar-refractivity contribution in [2.75, 3.05) is 67.6 Å². The van der Waals surface area contributed by atoms with Crippen molar-refractivity contribution in [1.82, 2.24) is 5.32 Å². The first kappa shape index (κ1) is 31.5. The molecule has 2 fully saturated rings. The second-order valence-electron chi connectivity index (χ2n) is 13.9. The average molecular weight is 726 g/mol. The molecule has 1 atom stereocenters. The number of ether oxygens (including phenoxy) is 1. The summed E-state index contributed by atoms with van der Waals surface area (Å²) in [6.45, 7) is 7.36. The number of fused-ring (bicyclic) bond motifs is 6. The van der Waals surface area contributed by atoms with Gasteiger partial charge in [0.2, 0.25) is 0 Å². The van der Waals surface area contributed by atoms with Gasteiger partial charge in [0.25, 0.3) is 5.91 Å². The number of anilines is 3. The molecule has 0 radical (unpaired) electrons. The van der Waals surface area contributed by atoms with E-state index >= 15 is 0 Å². The molecule has 6 aromatic rings. The summed E-state index contributed by atoms with van der Waals surface area (Å²) in [7, 11) is 0. The second-order valence-corrected chi connectivity index (χ2v) is 14.8. The molecule has 0 saturated carbocycles. The molecule has 2 aliphatic heterocycles. The summed E-state index contributed by atoms with van der Waals surface area (Å²) in [5, 5.41) is 14.3. The van der Waals surface area contributed by atoms with Gasteiger partial charge >= 0.3 is 0 Å². The molecule has 9 rings (SSSR count). The number of hydrogen-bond donors (Lipinski definition) is 2. The van der Waals surface area contributed by atoms with Gasteiger partial charge in [-0.25, -0.2) is 0 Å². The monoisotopic (exact) mass is 724 g/mol. The van der Waals surface area contributed by atoms with Gasteiger partial charge in [0.1, 0.15) is 0 Å². The molecular weight excluding hydrogens is 684 g/mol. The van der Waals surface area contributed by atoms with E-state index < -0.39 is 0 Å². The maximum Gasteiger partial charge on any atom is 0.255 e. The van der Waals surface area contributed by atoms with E-state index in [1.165, 1.54) is 48.4 Å². The topological polar surface area (TPSA) is 56.8 Å². The van der Waals surface area contributed by atoms with E-state index in [0.29, 0.717) is 11.5 Å². The smallest absolute Gasteiger partial charge is 0.255 e. The van der Waals surface area contributed by atoms with Crippen LogP contribution in [0.2, 0.25) is 0 Å². The summed E-state index contributed by atoms with van der Waals surface area (Å²) in [6, 6.07) is 34.8. The minimum Gasteiger partial charge on any atom is -0.378 e. The third-order valence-electron chi connectivity index (χ3n) is 11.1. The Labute approximate surface area is 301 Å². The highest BCUT2D eigenvalue weighted by atomic mass is 79.9. The van der Waals surface area contributed by atoms with Gasteiger partial charge in [-0.2, -0.15) is 0 Å². The van der Waals surface area contributed by atoms with Crippen LogP contribution in [-0.2, 0) is 17.6 Å². The number of carbonyl (C=O) groups is 1. The normalized spacial score (nSPS) is 18.1. The molecule has 252 valence electrons. The highest BCUT2D eigenvalue weighted by Gasteiger charge is 2.27. The van der Waals surface area contributed by atoms with E-state index in [9.17, 15) is 4.79 Å². The van der Waals surface area contributed by atoms with E-state index in [4.69, 9.17) is 4.74 Å². The Morgan fingerprint density at radius 2 is 1.52 bits per heavy atom. The fraction of sp³-hybridized carbons (Fsp3) is 0.279. The zero-order chi connectivity index (χ0) is 33.6. The number of benzene rings is 6. The number of piperazine rings is 1. The predicted octanol–water partition coefficient (Wildman–Crippen LogP) is 8.68. The van der Waals surface area contributed by atoms with E-state index in [1.54, 1.807) is 0 Å². The first-order valence-corrected chi connectivity index (χ1v) is 18.8. The molecule has 3 aliphatic rings. The van der Waals surface area contributed by atoms with Crippen molar-refractivity contribution in [2.24, 2.45) is 0 Å². The molecule has 2 saturated heterocycles. The van der Waals surface area contributed by atoms with E-state index in [2.05, 4.69) is 121 Å². The first-order valence-electron chi connectivity index (χ1n) is 18.0. The number of nitrogens with one attached hydrogen (secondary N) is 2. The lowest BCUT2D eigenvalue weighted by atomic mass is 9.77. The maximum absolute atomic E-state index is 13.8. The summed E-state index contributed by atoms with van der Waals surface area (Å²) in [5.74, 6) is 0.221. The van der Waals surface area contributed by atoms with Gasteiger partial charge < -0.3 is 25.2 Å². The zero-order valence-electron chi connectivity index (χ0n) is 28.2. The Morgan fingerprint density at radius 1 is 0.760 bits per heavy atom. The average Bonchev–Trinajstić information content (AvgIpc) is 3.18. The van der Waals surface area contributed by atoms with Crippen LogP contribution in [0.5, 0.6) is 0 Å². The number of rotatable bonds is 5. The Bertz CT molecular complexity index is 2240. The number of aryl methyl sites for hydroxylation is 1. The van der Waals surface area contributed by atoms with Crippen LogP contribution >= 0.6 is 15.9 Å². The molecule has 1 aliphatic carbocycles. The molecular formula is C43H41BrN4O2. The minimum atomic E-state index is -0.0748. The van der Waals surface area contributed by atoms with Crippen molar-refractivity contribution in [1.29, 1.82) is 0 Å². The lowest BCUT2D eigenvalue weighted by Gasteiger charge is -2.30. The quantitative estimate of drug-likeness (QED) is 0.174. The molecule has 1 unspecified atom stereocenters. The summed E-state index contributed by atoms with van der Waals surface area (Å²) in [4.78, 5) is 18.6. The van der Waals surface area contributed by atoms with Gasteiger partial charge in [-0.1, -0.05) is 70.5 Å². The molecule has 1 amide bonds. The van der Waals surface area contributed by atoms with Crippen LogP contribution < -0.4 is 20.4 Å². The molecule has 6 aromatic carbocycles. The Hall–Kier alpha value is -4.43. The Morgan fingerprint density at radius 3 is 2.36 bits per heavy atom. The van der Waals surface area contributed by atoms with Crippen molar-refractivity contribution in [2.45, 2.75) is 25.2 Å². The highest BCUT2D eigenvalue weighted by molar-refractivity contribution is 9.10. The maximum atomic E-state index is 13.8. The zero-order valence-corrected chi connectivity index (χ0v) is 29.8. The third kappa shape index (κ3) is 5.81. The van der Waals surface area contributed by atoms with Crippen LogP contribution in [0, 0.1) is 0 Å². The molecule has 0 bridgehead atoms. The van der Waals surface area contributed by atoms with Gasteiger partial charge in [0.15, 0.2) is 0 Å². The molecule has 2 N–H and O–H groups in total.